The zero-order valence-electron chi connectivity index (χ0n) is 8.19. The molecule has 0 unspecified atom stereocenters. The van der Waals surface area contributed by atoms with Gasteiger partial charge in [-0.2, -0.15) is 0 Å². The largest absolute Gasteiger partial charge is 1.00 e. The van der Waals surface area contributed by atoms with Crippen LogP contribution >= 0.6 is 0 Å². The van der Waals surface area contributed by atoms with Gasteiger partial charge in [0.25, 0.3) is 0 Å². The quantitative estimate of drug-likeness (QED) is 0.354. The van der Waals surface area contributed by atoms with Gasteiger partial charge in [0.2, 0.25) is 0 Å². The molecule has 6 heteroatoms. The molecule has 0 bridgehead atoms. The summed E-state index contributed by atoms with van der Waals surface area (Å²) in [5.74, 6) is -0.253. The minimum absolute atomic E-state index is 0. The summed E-state index contributed by atoms with van der Waals surface area (Å²) < 4.78 is 30.7. The second-order valence-corrected chi connectivity index (χ2v) is 4.46. The summed E-state index contributed by atoms with van der Waals surface area (Å²) in [4.78, 5) is 2.91. The Kier molecular flexibility index (Phi) is 6.72. The molecule has 0 aliphatic carbocycles. The molecule has 4 nitrogen and oxygen atoms in total. The first-order valence-electron chi connectivity index (χ1n) is 4.13. The Morgan fingerprint density at radius 2 is 2.07 bits per heavy atom. The van der Waals surface area contributed by atoms with E-state index in [9.17, 15) is 13.0 Å². The van der Waals surface area contributed by atoms with E-state index in [4.69, 9.17) is 0 Å². The molecule has 1 heterocycles. The van der Waals surface area contributed by atoms with Crippen LogP contribution < -0.4 is 29.6 Å². The number of aromatic nitrogens is 1. The van der Waals surface area contributed by atoms with Crippen molar-refractivity contribution in [3.63, 3.8) is 0 Å². The molecule has 1 N–H and O–H groups in total. The van der Waals surface area contributed by atoms with Crippen molar-refractivity contribution in [2.75, 3.05) is 5.75 Å². The Morgan fingerprint density at radius 3 is 2.57 bits per heavy atom. The monoisotopic (exact) mass is 225 g/mol. The van der Waals surface area contributed by atoms with Crippen LogP contribution in [0.5, 0.6) is 0 Å². The molecule has 1 rings (SSSR count). The predicted molar refractivity (Wildman–Crippen MR) is 48.3 cm³/mol. The summed E-state index contributed by atoms with van der Waals surface area (Å²) in [7, 11) is -4.02. The molecular weight excluding hydrogens is 213 g/mol. The number of nitrogens with one attached hydrogen (secondary N) is 1. The van der Waals surface area contributed by atoms with Gasteiger partial charge in [0.05, 0.1) is 10.1 Å². The van der Waals surface area contributed by atoms with E-state index in [1.54, 1.807) is 0 Å². The second-order valence-electron chi connectivity index (χ2n) is 2.94. The van der Waals surface area contributed by atoms with Gasteiger partial charge in [0.15, 0.2) is 0 Å². The Hall–Kier alpha value is 0.190. The normalized spacial score (nSPS) is 10.9. The molecule has 1 aromatic heterocycles. The molecule has 1 aromatic rings. The van der Waals surface area contributed by atoms with Crippen LogP contribution in [0, 0.1) is 0 Å². The van der Waals surface area contributed by atoms with E-state index in [0.717, 1.165) is 18.4 Å². The van der Waals surface area contributed by atoms with Crippen LogP contribution in [0.3, 0.4) is 0 Å². The zero-order valence-corrected chi connectivity index (χ0v) is 11.0. The van der Waals surface area contributed by atoms with Crippen LogP contribution in [0.1, 0.15) is 18.4 Å². The third kappa shape index (κ3) is 6.62. The smallest absolute Gasteiger partial charge is 0.748 e. The molecule has 0 radical (unpaired) electrons. The van der Waals surface area contributed by atoms with Crippen LogP contribution in [0.4, 0.5) is 0 Å². The molecule has 0 aliphatic rings. The minimum atomic E-state index is -4.02. The third-order valence-corrected chi connectivity index (χ3v) is 2.56. The van der Waals surface area contributed by atoms with Gasteiger partial charge in [-0.3, -0.25) is 0 Å². The van der Waals surface area contributed by atoms with Gasteiger partial charge >= 0.3 is 29.6 Å². The Balaban J connectivity index is 0.00000169. The van der Waals surface area contributed by atoms with Crippen LogP contribution in [0.25, 0.3) is 0 Å². The van der Waals surface area contributed by atoms with Gasteiger partial charge in [-0.25, -0.2) is 8.42 Å². The molecule has 0 aromatic carbocycles. The summed E-state index contributed by atoms with van der Waals surface area (Å²) in [6.45, 7) is 0. The summed E-state index contributed by atoms with van der Waals surface area (Å²) in [5.41, 5.74) is 1.14. The van der Waals surface area contributed by atoms with Crippen molar-refractivity contribution in [3.8, 4) is 0 Å². The fourth-order valence-corrected chi connectivity index (χ4v) is 1.68. The maximum Gasteiger partial charge on any atom is 1.00 e. The standard InChI is InChI=1S/C8H13NO3S.Na/c10-13(11,12)6-2-1-3-8-4-5-9-7-8;/h4-5,7,9H,1-3,6H2,(H,10,11,12);/q;+1/p-1. The van der Waals surface area contributed by atoms with Crippen molar-refractivity contribution in [2.24, 2.45) is 0 Å². The SMILES string of the molecule is O=S(=O)([O-])CCCCc1cc[nH]c1.[Na+]. The van der Waals surface area contributed by atoms with E-state index in [2.05, 4.69) is 4.98 Å². The molecule has 74 valence electrons. The van der Waals surface area contributed by atoms with Crippen molar-refractivity contribution in [1.82, 2.24) is 4.98 Å². The van der Waals surface area contributed by atoms with E-state index in [0.29, 0.717) is 6.42 Å². The first-order chi connectivity index (χ1) is 6.08. The number of H-pyrrole nitrogens is 1. The van der Waals surface area contributed by atoms with Crippen LogP contribution in [-0.2, 0) is 16.5 Å². The van der Waals surface area contributed by atoms with E-state index in [-0.39, 0.29) is 35.3 Å². The molecular formula is C8H12NNaO3S. The van der Waals surface area contributed by atoms with Crippen LogP contribution in [0.2, 0.25) is 0 Å². The van der Waals surface area contributed by atoms with E-state index in [1.165, 1.54) is 0 Å². The molecule has 0 fully saturated rings. The number of hydrogen-bond acceptors (Lipinski definition) is 3. The van der Waals surface area contributed by atoms with Gasteiger partial charge in [-0.05, 0) is 30.9 Å². The maximum absolute atomic E-state index is 10.2. The second kappa shape index (κ2) is 6.63. The fourth-order valence-electron chi connectivity index (χ4n) is 1.12. The van der Waals surface area contributed by atoms with Crippen LogP contribution in [-0.4, -0.2) is 23.7 Å². The maximum atomic E-state index is 10.2. The third-order valence-electron chi connectivity index (χ3n) is 1.77. The average molecular weight is 225 g/mol. The topological polar surface area (TPSA) is 73.0 Å². The Morgan fingerprint density at radius 1 is 1.36 bits per heavy atom. The predicted octanol–water partition coefficient (Wildman–Crippen LogP) is -2.11. The van der Waals surface area contributed by atoms with Crippen molar-refractivity contribution in [2.45, 2.75) is 19.3 Å². The molecule has 14 heavy (non-hydrogen) atoms. The average Bonchev–Trinajstić information content (AvgIpc) is 2.48. The molecule has 0 saturated heterocycles. The summed E-state index contributed by atoms with van der Waals surface area (Å²) in [5, 5.41) is 0. The minimum Gasteiger partial charge on any atom is -0.748 e. The van der Waals surface area contributed by atoms with Crippen molar-refractivity contribution in [3.05, 3.63) is 24.0 Å². The number of aromatic amines is 1. The van der Waals surface area contributed by atoms with E-state index >= 15 is 0 Å². The van der Waals surface area contributed by atoms with Crippen molar-refractivity contribution in [1.29, 1.82) is 0 Å². The molecule has 0 atom stereocenters. The number of aryl methyl sites for hydroxylation is 1. The zero-order chi connectivity index (χ0) is 9.73. The summed E-state index contributed by atoms with van der Waals surface area (Å²) >= 11 is 0. The van der Waals surface area contributed by atoms with Crippen molar-refractivity contribution < 1.29 is 42.5 Å². The number of hydrogen-bond donors (Lipinski definition) is 1. The molecule has 0 amide bonds. The van der Waals surface area contributed by atoms with Gasteiger partial charge in [-0.1, -0.05) is 0 Å². The van der Waals surface area contributed by atoms with Crippen LogP contribution in [0.15, 0.2) is 18.5 Å². The number of unbranched alkanes of at least 4 members (excludes halogenated alkanes) is 1. The first kappa shape index (κ1) is 14.2. The summed E-state index contributed by atoms with van der Waals surface area (Å²) in [6.07, 6.45) is 5.68. The molecule has 0 saturated carbocycles. The van der Waals surface area contributed by atoms with Gasteiger partial charge in [-0.15, -0.1) is 0 Å². The number of rotatable bonds is 5. The van der Waals surface area contributed by atoms with E-state index in [1.807, 2.05) is 18.5 Å². The fraction of sp³-hybridized carbons (Fsp3) is 0.500. The van der Waals surface area contributed by atoms with Crippen molar-refractivity contribution >= 4 is 10.1 Å². The summed E-state index contributed by atoms with van der Waals surface area (Å²) in [6, 6.07) is 1.94. The molecule has 0 spiro atoms. The van der Waals surface area contributed by atoms with Gasteiger partial charge in [0, 0.05) is 18.1 Å². The Labute approximate surface area is 106 Å². The van der Waals surface area contributed by atoms with Gasteiger partial charge < -0.3 is 9.54 Å². The van der Waals surface area contributed by atoms with E-state index < -0.39 is 10.1 Å². The first-order valence-corrected chi connectivity index (χ1v) is 5.71. The Bertz CT molecular complexity index is 333. The van der Waals surface area contributed by atoms with Gasteiger partial charge in [0.1, 0.15) is 0 Å². The molecule has 0 aliphatic heterocycles.